The molecule has 4 heteroatoms. The molecule has 1 aliphatic rings. The van der Waals surface area contributed by atoms with E-state index in [1.807, 2.05) is 41.3 Å². The molecule has 1 aliphatic heterocycles. The topological polar surface area (TPSA) is 50.3 Å². The Balaban J connectivity index is 1.82. The third kappa shape index (κ3) is 3.11. The Morgan fingerprint density at radius 3 is 2.64 bits per heavy atom. The van der Waals surface area contributed by atoms with Crippen LogP contribution in [0.2, 0.25) is 0 Å². The molecular weight excluding hydrogens is 276 g/mol. The molecule has 0 spiro atoms. The zero-order valence-corrected chi connectivity index (χ0v) is 12.1. The molecule has 0 N–H and O–H groups in total. The van der Waals surface area contributed by atoms with Crippen molar-refractivity contribution in [2.75, 3.05) is 6.54 Å². The number of carbonyl (C=O) groups excluding carboxylic acids is 2. The fourth-order valence-electron chi connectivity index (χ4n) is 2.55. The van der Waals surface area contributed by atoms with E-state index in [4.69, 9.17) is 0 Å². The maximum Gasteiger partial charge on any atom is 0.182 e. The molecule has 0 radical (unpaired) electrons. The van der Waals surface area contributed by atoms with E-state index in [1.54, 1.807) is 24.5 Å². The molecule has 22 heavy (non-hydrogen) atoms. The van der Waals surface area contributed by atoms with Crippen molar-refractivity contribution >= 4 is 11.6 Å². The van der Waals surface area contributed by atoms with Crippen molar-refractivity contribution in [3.05, 3.63) is 78.3 Å². The van der Waals surface area contributed by atoms with Gasteiger partial charge in [0.05, 0.1) is 18.3 Å². The predicted molar refractivity (Wildman–Crippen MR) is 83.2 cm³/mol. The Kier molecular flexibility index (Phi) is 4.10. The zero-order chi connectivity index (χ0) is 15.4. The normalized spacial score (nSPS) is 17.5. The number of benzene rings is 1. The summed E-state index contributed by atoms with van der Waals surface area (Å²) >= 11 is 0. The van der Waals surface area contributed by atoms with E-state index < -0.39 is 0 Å². The van der Waals surface area contributed by atoms with Crippen molar-refractivity contribution in [3.8, 4) is 0 Å². The predicted octanol–water partition coefficient (Wildman–Crippen LogP) is 2.79. The first-order valence-corrected chi connectivity index (χ1v) is 7.20. The monoisotopic (exact) mass is 292 g/mol. The Bertz CT molecular complexity index is 696. The van der Waals surface area contributed by atoms with Gasteiger partial charge in [-0.25, -0.2) is 0 Å². The van der Waals surface area contributed by atoms with Gasteiger partial charge < -0.3 is 4.90 Å². The third-order valence-electron chi connectivity index (χ3n) is 3.70. The Labute approximate surface area is 129 Å². The largest absolute Gasteiger partial charge is 0.361 e. The molecule has 0 fully saturated rings. The van der Waals surface area contributed by atoms with Crippen LogP contribution < -0.4 is 0 Å². The van der Waals surface area contributed by atoms with Crippen molar-refractivity contribution in [2.45, 2.75) is 12.5 Å². The number of hydrogen-bond acceptors (Lipinski definition) is 4. The minimum absolute atomic E-state index is 0.0283. The fourth-order valence-corrected chi connectivity index (χ4v) is 2.55. The van der Waals surface area contributed by atoms with E-state index in [-0.39, 0.29) is 24.2 Å². The molecule has 1 atom stereocenters. The molecule has 0 saturated heterocycles. The van der Waals surface area contributed by atoms with Crippen molar-refractivity contribution < 1.29 is 9.59 Å². The van der Waals surface area contributed by atoms with Crippen molar-refractivity contribution in [1.82, 2.24) is 9.88 Å². The number of allylic oxidation sites excluding steroid dienone is 1. The van der Waals surface area contributed by atoms with Gasteiger partial charge in [-0.15, -0.1) is 0 Å². The summed E-state index contributed by atoms with van der Waals surface area (Å²) in [5, 5.41) is 0. The zero-order valence-electron chi connectivity index (χ0n) is 12.1. The van der Waals surface area contributed by atoms with E-state index in [2.05, 4.69) is 4.98 Å². The molecule has 110 valence electrons. The van der Waals surface area contributed by atoms with Crippen LogP contribution in [-0.4, -0.2) is 28.0 Å². The Morgan fingerprint density at radius 2 is 1.91 bits per heavy atom. The van der Waals surface area contributed by atoms with Crippen LogP contribution in [0.1, 0.15) is 28.5 Å². The van der Waals surface area contributed by atoms with E-state index in [9.17, 15) is 9.59 Å². The number of hydrogen-bond donors (Lipinski definition) is 0. The summed E-state index contributed by atoms with van der Waals surface area (Å²) in [4.78, 5) is 30.3. The van der Waals surface area contributed by atoms with Crippen molar-refractivity contribution in [3.63, 3.8) is 0 Å². The molecule has 1 aromatic heterocycles. The number of rotatable bonds is 4. The lowest BCUT2D eigenvalue weighted by Gasteiger charge is -2.31. The van der Waals surface area contributed by atoms with E-state index >= 15 is 0 Å². The number of aromatic nitrogens is 1. The van der Waals surface area contributed by atoms with Crippen LogP contribution in [0.15, 0.2) is 67.0 Å². The minimum Gasteiger partial charge on any atom is -0.361 e. The molecule has 0 bridgehead atoms. The van der Waals surface area contributed by atoms with Crippen LogP contribution in [0.5, 0.6) is 0 Å². The molecular formula is C18H16N2O2. The second-order valence-electron chi connectivity index (χ2n) is 5.22. The first-order valence-electron chi connectivity index (χ1n) is 7.20. The van der Waals surface area contributed by atoms with Crippen LogP contribution >= 0.6 is 0 Å². The van der Waals surface area contributed by atoms with Gasteiger partial charge in [-0.2, -0.15) is 0 Å². The molecule has 0 amide bonds. The fraction of sp³-hybridized carbons (Fsp3) is 0.167. The summed E-state index contributed by atoms with van der Waals surface area (Å²) in [7, 11) is 0. The van der Waals surface area contributed by atoms with Crippen LogP contribution in [0.25, 0.3) is 0 Å². The van der Waals surface area contributed by atoms with Crippen molar-refractivity contribution in [1.29, 1.82) is 0 Å². The van der Waals surface area contributed by atoms with Gasteiger partial charge in [0.1, 0.15) is 0 Å². The summed E-state index contributed by atoms with van der Waals surface area (Å²) in [6.45, 7) is 0.231. The van der Waals surface area contributed by atoms with Gasteiger partial charge in [-0.3, -0.25) is 14.6 Å². The summed E-state index contributed by atoms with van der Waals surface area (Å²) < 4.78 is 0. The molecule has 0 saturated carbocycles. The quantitative estimate of drug-likeness (QED) is 0.813. The van der Waals surface area contributed by atoms with Crippen molar-refractivity contribution in [2.24, 2.45) is 0 Å². The number of pyridine rings is 1. The van der Waals surface area contributed by atoms with Gasteiger partial charge in [0.15, 0.2) is 11.6 Å². The van der Waals surface area contributed by atoms with Gasteiger partial charge in [0, 0.05) is 24.4 Å². The van der Waals surface area contributed by atoms with Gasteiger partial charge in [-0.1, -0.05) is 36.4 Å². The first-order chi connectivity index (χ1) is 10.7. The van der Waals surface area contributed by atoms with E-state index in [0.29, 0.717) is 12.0 Å². The first kappa shape index (κ1) is 14.2. The van der Waals surface area contributed by atoms with E-state index in [1.165, 1.54) is 6.08 Å². The van der Waals surface area contributed by atoms with Crippen LogP contribution in [0, 0.1) is 0 Å². The van der Waals surface area contributed by atoms with Gasteiger partial charge >= 0.3 is 0 Å². The summed E-state index contributed by atoms with van der Waals surface area (Å²) in [6, 6.07) is 14.6. The highest BCUT2D eigenvalue weighted by Crippen LogP contribution is 2.27. The summed E-state index contributed by atoms with van der Waals surface area (Å²) in [5.41, 5.74) is 1.48. The molecule has 0 aliphatic carbocycles. The minimum atomic E-state index is -0.189. The molecule has 1 unspecified atom stereocenters. The number of nitrogens with zero attached hydrogens (tertiary/aromatic N) is 2. The smallest absolute Gasteiger partial charge is 0.182 e. The third-order valence-corrected chi connectivity index (χ3v) is 3.70. The molecule has 3 rings (SSSR count). The number of Topliss-reactive ketones (excluding diaryl/α,β-unsaturated/α-hetero) is 1. The van der Waals surface area contributed by atoms with E-state index in [0.717, 1.165) is 5.69 Å². The average molecular weight is 292 g/mol. The molecule has 4 nitrogen and oxygen atoms in total. The second-order valence-corrected chi connectivity index (χ2v) is 5.22. The lowest BCUT2D eigenvalue weighted by atomic mass is 10.0. The van der Waals surface area contributed by atoms with Crippen LogP contribution in [-0.2, 0) is 4.79 Å². The number of carbonyl (C=O) groups is 2. The van der Waals surface area contributed by atoms with Crippen LogP contribution in [0.4, 0.5) is 0 Å². The number of ketones is 2. The molecule has 2 aromatic rings. The standard InChI is InChI=1S/C18H16N2O2/c21-15-9-11-20(13-18(22)14-6-2-1-3-7-14)17(12-15)16-8-4-5-10-19-16/h1-11,17H,12-13H2. The summed E-state index contributed by atoms with van der Waals surface area (Å²) in [6.07, 6.45) is 5.27. The van der Waals surface area contributed by atoms with Crippen LogP contribution in [0.3, 0.4) is 0 Å². The summed E-state index contributed by atoms with van der Waals surface area (Å²) in [5.74, 6) is 0.0830. The maximum absolute atomic E-state index is 12.4. The lowest BCUT2D eigenvalue weighted by Crippen LogP contribution is -2.33. The highest BCUT2D eigenvalue weighted by atomic mass is 16.1. The molecule has 1 aromatic carbocycles. The molecule has 2 heterocycles. The lowest BCUT2D eigenvalue weighted by molar-refractivity contribution is -0.116. The highest BCUT2D eigenvalue weighted by molar-refractivity contribution is 5.98. The average Bonchev–Trinajstić information content (AvgIpc) is 2.58. The maximum atomic E-state index is 12.4. The van der Waals surface area contributed by atoms with Gasteiger partial charge in [0.25, 0.3) is 0 Å². The van der Waals surface area contributed by atoms with Gasteiger partial charge in [-0.05, 0) is 18.2 Å². The SMILES string of the molecule is O=C1C=CN(CC(=O)c2ccccc2)C(c2ccccn2)C1. The Morgan fingerprint density at radius 1 is 1.14 bits per heavy atom. The second kappa shape index (κ2) is 6.35. The Hall–Kier alpha value is -2.75. The van der Waals surface area contributed by atoms with Gasteiger partial charge in [0.2, 0.25) is 0 Å². The highest BCUT2D eigenvalue weighted by Gasteiger charge is 2.26.